The fourth-order valence-corrected chi connectivity index (χ4v) is 1.90. The second-order valence-corrected chi connectivity index (χ2v) is 4.21. The third-order valence-corrected chi connectivity index (χ3v) is 2.85. The summed E-state index contributed by atoms with van der Waals surface area (Å²) in [4.78, 5) is 15.1. The summed E-state index contributed by atoms with van der Waals surface area (Å²) in [6, 6.07) is 2.39. The van der Waals surface area contributed by atoms with Gasteiger partial charge in [-0.05, 0) is 32.4 Å². The molecule has 1 aliphatic heterocycles. The van der Waals surface area contributed by atoms with E-state index in [4.69, 9.17) is 5.26 Å². The number of nitriles is 1. The second kappa shape index (κ2) is 5.72. The summed E-state index contributed by atoms with van der Waals surface area (Å²) in [6.07, 6.45) is 3.54. The average Bonchev–Trinajstić information content (AvgIpc) is 2.65. The van der Waals surface area contributed by atoms with Gasteiger partial charge in [-0.15, -0.1) is 0 Å². The van der Waals surface area contributed by atoms with Crippen molar-refractivity contribution >= 4 is 5.91 Å². The van der Waals surface area contributed by atoms with Crippen LogP contribution in [0.1, 0.15) is 25.7 Å². The van der Waals surface area contributed by atoms with Crippen molar-refractivity contribution in [3.8, 4) is 6.07 Å². The highest BCUT2D eigenvalue weighted by atomic mass is 16.2. The Balaban J connectivity index is 2.20. The van der Waals surface area contributed by atoms with E-state index in [2.05, 4.69) is 11.0 Å². The number of rotatable bonds is 4. The highest BCUT2D eigenvalue weighted by Gasteiger charge is 2.23. The summed E-state index contributed by atoms with van der Waals surface area (Å²) in [6.45, 7) is 1.88. The second-order valence-electron chi connectivity index (χ2n) is 4.21. The molecule has 0 aromatic carbocycles. The molecule has 4 nitrogen and oxygen atoms in total. The number of carbonyl (C=O) groups is 1. The first-order valence-electron chi connectivity index (χ1n) is 5.49. The lowest BCUT2D eigenvalue weighted by molar-refractivity contribution is -0.128. The van der Waals surface area contributed by atoms with E-state index in [9.17, 15) is 4.79 Å². The molecule has 0 aromatic heterocycles. The molecule has 15 heavy (non-hydrogen) atoms. The van der Waals surface area contributed by atoms with Crippen LogP contribution in [0.15, 0.2) is 0 Å². The zero-order valence-corrected chi connectivity index (χ0v) is 9.57. The van der Waals surface area contributed by atoms with Gasteiger partial charge in [0.05, 0.1) is 12.1 Å². The highest BCUT2D eigenvalue weighted by Crippen LogP contribution is 2.16. The van der Waals surface area contributed by atoms with Crippen LogP contribution in [0.25, 0.3) is 0 Å². The number of hydrogen-bond donors (Lipinski definition) is 0. The molecular formula is C11H19N3O. The molecule has 1 rings (SSSR count). The van der Waals surface area contributed by atoms with Crippen molar-refractivity contribution in [2.45, 2.75) is 31.7 Å². The molecule has 1 amide bonds. The van der Waals surface area contributed by atoms with Crippen molar-refractivity contribution in [1.82, 2.24) is 9.80 Å². The molecule has 84 valence electrons. The number of likely N-dealkylation sites (tertiary alicyclic amines) is 1. The van der Waals surface area contributed by atoms with Gasteiger partial charge in [0.1, 0.15) is 0 Å². The molecule has 1 fully saturated rings. The van der Waals surface area contributed by atoms with E-state index in [1.807, 2.05) is 0 Å². The Bertz CT molecular complexity index is 257. The summed E-state index contributed by atoms with van der Waals surface area (Å²) < 4.78 is 0. The molecule has 0 saturated carbocycles. The summed E-state index contributed by atoms with van der Waals surface area (Å²) in [5.74, 6) is 0.169. The molecule has 0 aliphatic carbocycles. The SMILES string of the molecule is CN(C)C(=O)CCCN1CCCC1C#N. The standard InChI is InChI=1S/C11H19N3O/c1-13(2)11(15)6-4-8-14-7-3-5-10(14)9-12/h10H,3-8H2,1-2H3. The molecule has 1 atom stereocenters. The highest BCUT2D eigenvalue weighted by molar-refractivity contribution is 5.75. The van der Waals surface area contributed by atoms with Gasteiger partial charge >= 0.3 is 0 Å². The zero-order valence-electron chi connectivity index (χ0n) is 9.57. The Morgan fingerprint density at radius 3 is 2.93 bits per heavy atom. The fraction of sp³-hybridized carbons (Fsp3) is 0.818. The van der Waals surface area contributed by atoms with Crippen molar-refractivity contribution in [3.05, 3.63) is 0 Å². The molecule has 0 aromatic rings. The van der Waals surface area contributed by atoms with Crippen LogP contribution in [0.4, 0.5) is 0 Å². The average molecular weight is 209 g/mol. The van der Waals surface area contributed by atoms with Crippen LogP contribution in [0, 0.1) is 11.3 Å². The predicted molar refractivity (Wildman–Crippen MR) is 58.1 cm³/mol. The van der Waals surface area contributed by atoms with E-state index >= 15 is 0 Å². The van der Waals surface area contributed by atoms with Gasteiger partial charge in [0, 0.05) is 20.5 Å². The van der Waals surface area contributed by atoms with Crippen LogP contribution >= 0.6 is 0 Å². The van der Waals surface area contributed by atoms with Crippen LogP contribution in [-0.4, -0.2) is 48.9 Å². The minimum absolute atomic E-state index is 0.0828. The molecule has 1 saturated heterocycles. The largest absolute Gasteiger partial charge is 0.349 e. The summed E-state index contributed by atoms with van der Waals surface area (Å²) >= 11 is 0. The van der Waals surface area contributed by atoms with E-state index in [1.54, 1.807) is 19.0 Å². The number of carbonyl (C=O) groups excluding carboxylic acids is 1. The van der Waals surface area contributed by atoms with Gasteiger partial charge in [-0.1, -0.05) is 0 Å². The molecule has 0 spiro atoms. The molecule has 1 aliphatic rings. The first-order chi connectivity index (χ1) is 7.15. The van der Waals surface area contributed by atoms with Gasteiger partial charge in [-0.2, -0.15) is 5.26 Å². The van der Waals surface area contributed by atoms with Gasteiger partial charge in [0.2, 0.25) is 5.91 Å². The van der Waals surface area contributed by atoms with Gasteiger partial charge in [-0.25, -0.2) is 0 Å². The Hall–Kier alpha value is -1.08. The van der Waals surface area contributed by atoms with Crippen molar-refractivity contribution < 1.29 is 4.79 Å². The van der Waals surface area contributed by atoms with Crippen LogP contribution in [-0.2, 0) is 4.79 Å². The lowest BCUT2D eigenvalue weighted by atomic mass is 10.2. The van der Waals surface area contributed by atoms with E-state index < -0.39 is 0 Å². The Kier molecular flexibility index (Phi) is 4.57. The van der Waals surface area contributed by atoms with Gasteiger partial charge in [0.15, 0.2) is 0 Å². The van der Waals surface area contributed by atoms with E-state index in [0.717, 1.165) is 32.4 Å². The number of amides is 1. The topological polar surface area (TPSA) is 47.3 Å². The summed E-state index contributed by atoms with van der Waals surface area (Å²) in [7, 11) is 3.55. The minimum Gasteiger partial charge on any atom is -0.349 e. The van der Waals surface area contributed by atoms with Crippen LogP contribution < -0.4 is 0 Å². The summed E-state index contributed by atoms with van der Waals surface area (Å²) in [5.41, 5.74) is 0. The third kappa shape index (κ3) is 3.52. The van der Waals surface area contributed by atoms with Crippen LogP contribution in [0.2, 0.25) is 0 Å². The lowest BCUT2D eigenvalue weighted by Gasteiger charge is -2.19. The first-order valence-corrected chi connectivity index (χ1v) is 5.49. The van der Waals surface area contributed by atoms with Gasteiger partial charge in [0.25, 0.3) is 0 Å². The lowest BCUT2D eigenvalue weighted by Crippen LogP contribution is -2.30. The predicted octanol–water partition coefficient (Wildman–Crippen LogP) is 0.843. The monoisotopic (exact) mass is 209 g/mol. The van der Waals surface area contributed by atoms with E-state index in [0.29, 0.717) is 6.42 Å². The van der Waals surface area contributed by atoms with E-state index in [-0.39, 0.29) is 11.9 Å². The Morgan fingerprint density at radius 2 is 2.33 bits per heavy atom. The Morgan fingerprint density at radius 1 is 1.60 bits per heavy atom. The van der Waals surface area contributed by atoms with Crippen molar-refractivity contribution in [2.24, 2.45) is 0 Å². The van der Waals surface area contributed by atoms with E-state index in [1.165, 1.54) is 0 Å². The quantitative estimate of drug-likeness (QED) is 0.689. The minimum atomic E-state index is 0.0828. The molecule has 0 N–H and O–H groups in total. The van der Waals surface area contributed by atoms with Crippen LogP contribution in [0.3, 0.4) is 0 Å². The van der Waals surface area contributed by atoms with Crippen molar-refractivity contribution in [3.63, 3.8) is 0 Å². The van der Waals surface area contributed by atoms with Crippen molar-refractivity contribution in [1.29, 1.82) is 5.26 Å². The normalized spacial score (nSPS) is 21.3. The molecule has 1 unspecified atom stereocenters. The van der Waals surface area contributed by atoms with Crippen molar-refractivity contribution in [2.75, 3.05) is 27.2 Å². The first kappa shape index (κ1) is 12.0. The molecule has 0 radical (unpaired) electrons. The maximum atomic E-state index is 11.3. The Labute approximate surface area is 91.5 Å². The van der Waals surface area contributed by atoms with Gasteiger partial charge in [-0.3, -0.25) is 9.69 Å². The third-order valence-electron chi connectivity index (χ3n) is 2.85. The fourth-order valence-electron chi connectivity index (χ4n) is 1.90. The van der Waals surface area contributed by atoms with Crippen LogP contribution in [0.5, 0.6) is 0 Å². The molecule has 1 heterocycles. The maximum absolute atomic E-state index is 11.3. The summed E-state index contributed by atoms with van der Waals surface area (Å²) in [5, 5.41) is 8.87. The number of hydrogen-bond acceptors (Lipinski definition) is 3. The smallest absolute Gasteiger partial charge is 0.222 e. The number of nitrogens with zero attached hydrogens (tertiary/aromatic N) is 3. The zero-order chi connectivity index (χ0) is 11.3. The maximum Gasteiger partial charge on any atom is 0.222 e. The van der Waals surface area contributed by atoms with Gasteiger partial charge < -0.3 is 4.90 Å². The molecular weight excluding hydrogens is 190 g/mol. The molecule has 0 bridgehead atoms. The molecule has 4 heteroatoms.